The number of ether oxygens (including phenoxy) is 3. The summed E-state index contributed by atoms with van der Waals surface area (Å²) >= 11 is 0. The van der Waals surface area contributed by atoms with Crippen LogP contribution in [-0.2, 0) is 14.2 Å². The van der Waals surface area contributed by atoms with Gasteiger partial charge in [0.2, 0.25) is 0 Å². The molecule has 0 aliphatic carbocycles. The van der Waals surface area contributed by atoms with Crippen LogP contribution in [0, 0.1) is 5.92 Å². The van der Waals surface area contributed by atoms with Crippen molar-refractivity contribution in [2.75, 3.05) is 33.0 Å². The molecule has 0 aromatic rings. The largest absolute Gasteiger partial charge is 0.464 e. The first-order valence-corrected chi connectivity index (χ1v) is 6.62. The molecule has 118 valence electrons. The number of imide groups is 1. The van der Waals surface area contributed by atoms with Crippen molar-refractivity contribution in [1.82, 2.24) is 5.01 Å². The molecule has 0 heterocycles. The van der Waals surface area contributed by atoms with Gasteiger partial charge in [-0.2, -0.15) is 0 Å². The highest BCUT2D eigenvalue weighted by atomic mass is 16.6. The Morgan fingerprint density at radius 1 is 1.15 bits per heavy atom. The smallest absolute Gasteiger partial charge is 0.434 e. The van der Waals surface area contributed by atoms with E-state index in [4.69, 9.17) is 25.2 Å². The zero-order valence-electron chi connectivity index (χ0n) is 12.0. The van der Waals surface area contributed by atoms with E-state index in [-0.39, 0.29) is 17.5 Å². The topological polar surface area (TPSA) is 111 Å². The Kier molecular flexibility index (Phi) is 10.7. The molecule has 0 radical (unpaired) electrons. The molecule has 8 heteroatoms. The van der Waals surface area contributed by atoms with Gasteiger partial charge >= 0.3 is 12.2 Å². The van der Waals surface area contributed by atoms with Gasteiger partial charge in [0.25, 0.3) is 0 Å². The maximum absolute atomic E-state index is 11.3. The number of hydrogen-bond donors (Lipinski definition) is 2. The summed E-state index contributed by atoms with van der Waals surface area (Å²) in [6, 6.07) is 0. The predicted octanol–water partition coefficient (Wildman–Crippen LogP) is 1.45. The van der Waals surface area contributed by atoms with Gasteiger partial charge in [-0.25, -0.2) is 15.4 Å². The molecule has 0 aliphatic rings. The molecule has 8 nitrogen and oxygen atoms in total. The van der Waals surface area contributed by atoms with Crippen LogP contribution in [0.3, 0.4) is 0 Å². The van der Waals surface area contributed by atoms with E-state index in [1.54, 1.807) is 0 Å². The first kappa shape index (κ1) is 18.6. The third-order valence-electron chi connectivity index (χ3n) is 2.59. The van der Waals surface area contributed by atoms with Crippen LogP contribution in [0.1, 0.15) is 26.7 Å². The summed E-state index contributed by atoms with van der Waals surface area (Å²) in [6.07, 6.45) is -1.25. The molecule has 3 N–H and O–H groups in total. The Morgan fingerprint density at radius 2 is 1.65 bits per heavy atom. The minimum absolute atomic E-state index is 0.0160. The van der Waals surface area contributed by atoms with Crippen molar-refractivity contribution in [1.29, 1.82) is 0 Å². The number of carboxylic acid groups (broad SMARTS) is 1. The highest BCUT2D eigenvalue weighted by molar-refractivity contribution is 5.85. The summed E-state index contributed by atoms with van der Waals surface area (Å²) in [4.78, 5) is 21.8. The van der Waals surface area contributed by atoms with Crippen LogP contribution in [0.5, 0.6) is 0 Å². The zero-order valence-corrected chi connectivity index (χ0v) is 12.0. The summed E-state index contributed by atoms with van der Waals surface area (Å²) < 4.78 is 15.4. The number of carbonyl (C=O) groups excluding carboxylic acids is 1. The highest BCUT2D eigenvalue weighted by Gasteiger charge is 2.20. The molecule has 0 fully saturated rings. The van der Waals surface area contributed by atoms with Gasteiger partial charge in [-0.1, -0.05) is 0 Å². The van der Waals surface area contributed by atoms with E-state index < -0.39 is 12.2 Å². The van der Waals surface area contributed by atoms with Gasteiger partial charge in [0.1, 0.15) is 0 Å². The molecule has 0 saturated carbocycles. The van der Waals surface area contributed by atoms with Crippen LogP contribution in [0.2, 0.25) is 0 Å². The van der Waals surface area contributed by atoms with Crippen LogP contribution in [-0.4, -0.2) is 55.3 Å². The lowest BCUT2D eigenvalue weighted by Gasteiger charge is -2.18. The lowest BCUT2D eigenvalue weighted by Crippen LogP contribution is -2.42. The lowest BCUT2D eigenvalue weighted by molar-refractivity contribution is 0.0577. The molecule has 0 saturated heterocycles. The second-order valence-corrected chi connectivity index (χ2v) is 4.07. The SMILES string of the molecule is CCOCCC(CCOCC)COC(=O)N(N)C(=O)O. The van der Waals surface area contributed by atoms with E-state index in [2.05, 4.69) is 0 Å². The summed E-state index contributed by atoms with van der Waals surface area (Å²) in [7, 11) is 0. The van der Waals surface area contributed by atoms with Gasteiger partial charge in [-0.05, 0) is 32.6 Å². The number of amides is 2. The normalized spacial score (nSPS) is 10.6. The number of carbonyl (C=O) groups is 2. The van der Waals surface area contributed by atoms with Gasteiger partial charge in [-0.15, -0.1) is 5.01 Å². The van der Waals surface area contributed by atoms with Gasteiger partial charge in [0, 0.05) is 26.4 Å². The van der Waals surface area contributed by atoms with E-state index in [0.717, 1.165) is 0 Å². The van der Waals surface area contributed by atoms with E-state index in [1.165, 1.54) is 0 Å². The molecule has 0 aromatic heterocycles. The fourth-order valence-electron chi connectivity index (χ4n) is 1.44. The van der Waals surface area contributed by atoms with Gasteiger partial charge in [0.05, 0.1) is 6.61 Å². The molecule has 0 atom stereocenters. The van der Waals surface area contributed by atoms with Crippen molar-refractivity contribution in [3.63, 3.8) is 0 Å². The van der Waals surface area contributed by atoms with Crippen molar-refractivity contribution in [3.05, 3.63) is 0 Å². The van der Waals surface area contributed by atoms with Gasteiger partial charge in [-0.3, -0.25) is 0 Å². The Balaban J connectivity index is 4.11. The van der Waals surface area contributed by atoms with Crippen LogP contribution in [0.15, 0.2) is 0 Å². The molecule has 0 bridgehead atoms. The molecule has 0 spiro atoms. The molecular formula is C12H24N2O6. The Bertz CT molecular complexity index is 277. The summed E-state index contributed by atoms with van der Waals surface area (Å²) in [6.45, 7) is 6.22. The molecule has 0 unspecified atom stereocenters. The first-order valence-electron chi connectivity index (χ1n) is 6.62. The summed E-state index contributed by atoms with van der Waals surface area (Å²) in [5, 5.41) is 8.54. The van der Waals surface area contributed by atoms with Crippen molar-refractivity contribution in [3.8, 4) is 0 Å². The fraction of sp³-hybridized carbons (Fsp3) is 0.833. The number of hydrazine groups is 1. The van der Waals surface area contributed by atoms with Gasteiger partial charge in [0.15, 0.2) is 0 Å². The maximum Gasteiger partial charge on any atom is 0.434 e. The van der Waals surface area contributed by atoms with E-state index in [9.17, 15) is 9.59 Å². The number of nitrogens with two attached hydrogens (primary N) is 1. The zero-order chi connectivity index (χ0) is 15.4. The minimum Gasteiger partial charge on any atom is -0.464 e. The third-order valence-corrected chi connectivity index (χ3v) is 2.59. The summed E-state index contributed by atoms with van der Waals surface area (Å²) in [5.74, 6) is 5.04. The van der Waals surface area contributed by atoms with Crippen molar-refractivity contribution >= 4 is 12.2 Å². The fourth-order valence-corrected chi connectivity index (χ4v) is 1.44. The predicted molar refractivity (Wildman–Crippen MR) is 71.1 cm³/mol. The average molecular weight is 292 g/mol. The average Bonchev–Trinajstić information content (AvgIpc) is 2.43. The molecule has 0 aromatic carbocycles. The standard InChI is InChI=1S/C12H24N2O6/c1-3-18-7-5-10(6-8-19-4-2)9-20-12(17)14(13)11(15)16/h10H,3-9,13H2,1-2H3,(H,15,16). The minimum atomic E-state index is -1.56. The lowest BCUT2D eigenvalue weighted by atomic mass is 10.0. The van der Waals surface area contributed by atoms with E-state index >= 15 is 0 Å². The third kappa shape index (κ3) is 8.68. The van der Waals surface area contributed by atoms with E-state index in [0.29, 0.717) is 39.3 Å². The number of rotatable bonds is 10. The number of nitrogens with zero attached hydrogens (tertiary/aromatic N) is 1. The molecular weight excluding hydrogens is 268 g/mol. The monoisotopic (exact) mass is 292 g/mol. The van der Waals surface area contributed by atoms with Crippen LogP contribution < -0.4 is 5.84 Å². The van der Waals surface area contributed by atoms with Crippen LogP contribution in [0.4, 0.5) is 9.59 Å². The second kappa shape index (κ2) is 11.4. The van der Waals surface area contributed by atoms with Crippen molar-refractivity contribution < 1.29 is 28.9 Å². The number of hydrogen-bond acceptors (Lipinski definition) is 6. The summed E-state index contributed by atoms with van der Waals surface area (Å²) in [5.41, 5.74) is 0. The highest BCUT2D eigenvalue weighted by Crippen LogP contribution is 2.11. The molecule has 0 aliphatic heterocycles. The maximum atomic E-state index is 11.3. The van der Waals surface area contributed by atoms with Crippen LogP contribution >= 0.6 is 0 Å². The molecule has 20 heavy (non-hydrogen) atoms. The quantitative estimate of drug-likeness (QED) is 0.271. The second-order valence-electron chi connectivity index (χ2n) is 4.07. The van der Waals surface area contributed by atoms with Gasteiger partial charge < -0.3 is 19.3 Å². The van der Waals surface area contributed by atoms with Crippen molar-refractivity contribution in [2.45, 2.75) is 26.7 Å². The van der Waals surface area contributed by atoms with E-state index in [1.807, 2.05) is 13.8 Å². The molecule has 0 rings (SSSR count). The first-order chi connectivity index (χ1) is 9.52. The van der Waals surface area contributed by atoms with Crippen molar-refractivity contribution in [2.24, 2.45) is 11.8 Å². The Morgan fingerprint density at radius 3 is 2.05 bits per heavy atom. The Hall–Kier alpha value is -1.38. The van der Waals surface area contributed by atoms with Crippen LogP contribution in [0.25, 0.3) is 0 Å². The molecule has 2 amide bonds. The Labute approximate surface area is 118 Å².